The van der Waals surface area contributed by atoms with Gasteiger partial charge in [0.15, 0.2) is 0 Å². The largest absolute Gasteiger partial charge is 0.306 e. The van der Waals surface area contributed by atoms with Gasteiger partial charge >= 0.3 is 0 Å². The zero-order valence-corrected chi connectivity index (χ0v) is 33.0. The molecular formula is C55H32N4S. The van der Waals surface area contributed by atoms with Crippen molar-refractivity contribution in [1.29, 1.82) is 0 Å². The number of aromatic nitrogens is 2. The summed E-state index contributed by atoms with van der Waals surface area (Å²) in [6, 6.07) is 71.5. The highest BCUT2D eigenvalue weighted by atomic mass is 32.1. The first-order valence-corrected chi connectivity index (χ1v) is 21.3. The molecule has 3 aromatic heterocycles. The van der Waals surface area contributed by atoms with Crippen molar-refractivity contribution in [2.24, 2.45) is 0 Å². The molecule has 13 aromatic rings. The Labute approximate surface area is 348 Å². The van der Waals surface area contributed by atoms with Crippen LogP contribution in [0.4, 0.5) is 34.1 Å². The van der Waals surface area contributed by atoms with Gasteiger partial charge in [-0.05, 0) is 104 Å². The molecule has 0 amide bonds. The number of thiophene rings is 1. The Bertz CT molecular complexity index is 3990. The average Bonchev–Trinajstić information content (AvgIpc) is 3.90. The second kappa shape index (κ2) is 11.9. The van der Waals surface area contributed by atoms with Gasteiger partial charge in [-0.2, -0.15) is 0 Å². The molecule has 4 heterocycles. The SMILES string of the molecule is c1ccc2c(c1)N(c1ccc3c(c1)c1ccccc1c1nc4ccccc4n31)c1cc3c4ccccc4c4ccccc4c3cc1N2c1cccc2c1sc1ccccc12. The summed E-state index contributed by atoms with van der Waals surface area (Å²) in [7, 11) is 0. The highest BCUT2D eigenvalue weighted by Gasteiger charge is 2.33. The average molecular weight is 781 g/mol. The van der Waals surface area contributed by atoms with Crippen LogP contribution in [-0.4, -0.2) is 9.38 Å². The number of hydrogen-bond donors (Lipinski definition) is 0. The van der Waals surface area contributed by atoms with Crippen LogP contribution >= 0.6 is 11.3 Å². The van der Waals surface area contributed by atoms with Crippen LogP contribution in [0.25, 0.3) is 90.8 Å². The lowest BCUT2D eigenvalue weighted by Gasteiger charge is -2.41. The molecule has 0 radical (unpaired) electrons. The number of nitrogens with zero attached hydrogens (tertiary/aromatic N) is 4. The van der Waals surface area contributed by atoms with E-state index < -0.39 is 0 Å². The minimum Gasteiger partial charge on any atom is -0.306 e. The summed E-state index contributed by atoms with van der Waals surface area (Å²) in [5.41, 5.74) is 11.1. The molecule has 0 aliphatic carbocycles. The van der Waals surface area contributed by atoms with E-state index in [1.54, 1.807) is 0 Å². The fraction of sp³-hybridized carbons (Fsp3) is 0. The second-order valence-corrected chi connectivity index (χ2v) is 16.9. The third kappa shape index (κ3) is 4.26. The maximum absolute atomic E-state index is 5.16. The summed E-state index contributed by atoms with van der Waals surface area (Å²) in [4.78, 5) is 10.2. The zero-order valence-electron chi connectivity index (χ0n) is 32.2. The van der Waals surface area contributed by atoms with Crippen LogP contribution in [0.1, 0.15) is 0 Å². The topological polar surface area (TPSA) is 23.8 Å². The minimum atomic E-state index is 0.984. The third-order valence-corrected chi connectivity index (χ3v) is 14.0. The maximum atomic E-state index is 5.16. The number of hydrogen-bond acceptors (Lipinski definition) is 4. The van der Waals surface area contributed by atoms with E-state index >= 15 is 0 Å². The molecule has 278 valence electrons. The summed E-state index contributed by atoms with van der Waals surface area (Å²) in [5.74, 6) is 0. The van der Waals surface area contributed by atoms with E-state index in [9.17, 15) is 0 Å². The Kier molecular flexibility index (Phi) is 6.41. The predicted octanol–water partition coefficient (Wildman–Crippen LogP) is 15.9. The Balaban J connectivity index is 1.12. The van der Waals surface area contributed by atoms with Crippen molar-refractivity contribution in [1.82, 2.24) is 9.38 Å². The van der Waals surface area contributed by atoms with Gasteiger partial charge in [0.2, 0.25) is 0 Å². The summed E-state index contributed by atoms with van der Waals surface area (Å²) in [6.45, 7) is 0. The molecule has 5 heteroatoms. The smallest absolute Gasteiger partial charge is 0.146 e. The molecular weight excluding hydrogens is 749 g/mol. The summed E-state index contributed by atoms with van der Waals surface area (Å²) >= 11 is 1.88. The quantitative estimate of drug-likeness (QED) is 0.163. The zero-order chi connectivity index (χ0) is 39.1. The van der Waals surface area contributed by atoms with Gasteiger partial charge in [-0.25, -0.2) is 4.98 Å². The first-order chi connectivity index (χ1) is 29.8. The van der Waals surface area contributed by atoms with Crippen molar-refractivity contribution in [3.05, 3.63) is 194 Å². The highest BCUT2D eigenvalue weighted by molar-refractivity contribution is 7.26. The van der Waals surface area contributed by atoms with Crippen LogP contribution in [0.3, 0.4) is 0 Å². The molecule has 4 nitrogen and oxygen atoms in total. The molecule has 0 spiro atoms. The highest BCUT2D eigenvalue weighted by Crippen LogP contribution is 2.58. The molecule has 1 aliphatic heterocycles. The monoisotopic (exact) mass is 780 g/mol. The first kappa shape index (κ1) is 32.3. The second-order valence-electron chi connectivity index (χ2n) is 15.9. The molecule has 1 aliphatic rings. The summed E-state index contributed by atoms with van der Waals surface area (Å²) < 4.78 is 4.92. The Morgan fingerprint density at radius 3 is 1.60 bits per heavy atom. The standard InChI is InChI=1S/C55H32N4S/c1-3-16-36-34(14-1)35-15-2-4-17-37(35)43-32-52-51(31-42(36)43)57(48-24-10-11-25-49(48)58(52)50-26-13-21-40-39-19-7-12-27-53(39)60-54(40)50)33-28-29-46-44(30-33)38-18-5-6-20-41(38)55-56-45-22-8-9-23-47(45)59(46)55/h1-32H. The molecule has 60 heavy (non-hydrogen) atoms. The Morgan fingerprint density at radius 2 is 0.867 bits per heavy atom. The fourth-order valence-corrected chi connectivity index (χ4v) is 11.5. The van der Waals surface area contributed by atoms with Gasteiger partial charge in [-0.1, -0.05) is 127 Å². The number of rotatable bonds is 2. The molecule has 0 unspecified atom stereocenters. The lowest BCUT2D eigenvalue weighted by atomic mass is 9.92. The Morgan fingerprint density at radius 1 is 0.333 bits per heavy atom. The molecule has 0 atom stereocenters. The molecule has 0 saturated heterocycles. The van der Waals surface area contributed by atoms with Crippen molar-refractivity contribution >= 4 is 136 Å². The molecule has 14 rings (SSSR count). The van der Waals surface area contributed by atoms with Crippen molar-refractivity contribution in [2.75, 3.05) is 9.80 Å². The number of anilines is 6. The van der Waals surface area contributed by atoms with E-state index in [2.05, 4.69) is 208 Å². The molecule has 0 fully saturated rings. The number of benzene rings is 10. The fourth-order valence-electron chi connectivity index (χ4n) is 10.3. The number of fused-ring (bicyclic) bond motifs is 19. The van der Waals surface area contributed by atoms with E-state index in [-0.39, 0.29) is 0 Å². The van der Waals surface area contributed by atoms with Gasteiger partial charge in [-0.15, -0.1) is 11.3 Å². The van der Waals surface area contributed by atoms with Gasteiger partial charge in [0.05, 0.1) is 49.7 Å². The van der Waals surface area contributed by atoms with Gasteiger partial charge in [-0.3, -0.25) is 4.40 Å². The summed E-state index contributed by atoms with van der Waals surface area (Å²) in [5, 5.41) is 13.6. The van der Waals surface area contributed by atoms with Crippen LogP contribution in [0.15, 0.2) is 194 Å². The number of pyridine rings is 1. The Hall–Kier alpha value is -7.73. The molecule has 0 saturated carbocycles. The summed E-state index contributed by atoms with van der Waals surface area (Å²) in [6.07, 6.45) is 0. The van der Waals surface area contributed by atoms with Gasteiger partial charge in [0.1, 0.15) is 5.65 Å². The van der Waals surface area contributed by atoms with Crippen molar-refractivity contribution < 1.29 is 0 Å². The van der Waals surface area contributed by atoms with E-state index in [1.165, 1.54) is 68.9 Å². The first-order valence-electron chi connectivity index (χ1n) is 20.5. The lowest BCUT2D eigenvalue weighted by molar-refractivity contribution is 1.18. The van der Waals surface area contributed by atoms with Crippen LogP contribution < -0.4 is 9.80 Å². The van der Waals surface area contributed by atoms with E-state index in [1.807, 2.05) is 11.3 Å². The minimum absolute atomic E-state index is 0.984. The van der Waals surface area contributed by atoms with Gasteiger partial charge < -0.3 is 9.80 Å². The molecule has 0 N–H and O–H groups in total. The van der Waals surface area contributed by atoms with E-state index in [4.69, 9.17) is 4.98 Å². The van der Waals surface area contributed by atoms with Crippen LogP contribution in [-0.2, 0) is 0 Å². The normalized spacial score (nSPS) is 12.9. The molecule has 0 bridgehead atoms. The van der Waals surface area contributed by atoms with E-state index in [0.29, 0.717) is 0 Å². The van der Waals surface area contributed by atoms with E-state index in [0.717, 1.165) is 56.0 Å². The lowest BCUT2D eigenvalue weighted by Crippen LogP contribution is -2.24. The van der Waals surface area contributed by atoms with Crippen LogP contribution in [0.2, 0.25) is 0 Å². The number of para-hydroxylation sites is 4. The predicted molar refractivity (Wildman–Crippen MR) is 256 cm³/mol. The van der Waals surface area contributed by atoms with Gasteiger partial charge in [0, 0.05) is 31.9 Å². The van der Waals surface area contributed by atoms with Crippen molar-refractivity contribution in [3.8, 4) is 0 Å². The maximum Gasteiger partial charge on any atom is 0.146 e. The van der Waals surface area contributed by atoms with Crippen LogP contribution in [0.5, 0.6) is 0 Å². The van der Waals surface area contributed by atoms with Crippen molar-refractivity contribution in [3.63, 3.8) is 0 Å². The number of imidazole rings is 1. The van der Waals surface area contributed by atoms with Gasteiger partial charge in [0.25, 0.3) is 0 Å². The van der Waals surface area contributed by atoms with Crippen molar-refractivity contribution in [2.45, 2.75) is 0 Å². The van der Waals surface area contributed by atoms with Crippen LogP contribution in [0, 0.1) is 0 Å². The molecule has 10 aromatic carbocycles. The third-order valence-electron chi connectivity index (χ3n) is 12.8.